The van der Waals surface area contributed by atoms with Gasteiger partial charge in [-0.1, -0.05) is 48.5 Å². The Balaban J connectivity index is 1.78. The molecule has 0 aliphatic rings. The lowest BCUT2D eigenvalue weighted by atomic mass is 10.0. The Bertz CT molecular complexity index is 905. The zero-order chi connectivity index (χ0) is 18.5. The van der Waals surface area contributed by atoms with Crippen molar-refractivity contribution in [3.05, 3.63) is 71.9 Å². The molecule has 0 saturated heterocycles. The zero-order valence-electron chi connectivity index (χ0n) is 14.4. The third-order valence-corrected chi connectivity index (χ3v) is 4.34. The summed E-state index contributed by atoms with van der Waals surface area (Å²) in [6.07, 6.45) is 1.33. The molecule has 1 aromatic heterocycles. The van der Waals surface area contributed by atoms with E-state index in [-0.39, 0.29) is 0 Å². The number of H-pyrrole nitrogens is 1. The number of aromatic nitrogens is 1. The Kier molecular flexibility index (Phi) is 5.34. The highest BCUT2D eigenvalue weighted by Gasteiger charge is 2.26. The molecule has 0 unspecified atom stereocenters. The van der Waals surface area contributed by atoms with Gasteiger partial charge >= 0.3 is 0 Å². The van der Waals surface area contributed by atoms with Crippen LogP contribution in [0.25, 0.3) is 10.9 Å². The van der Waals surface area contributed by atoms with E-state index < -0.39 is 24.0 Å². The van der Waals surface area contributed by atoms with Crippen LogP contribution in [0.2, 0.25) is 0 Å². The fourth-order valence-electron chi connectivity index (χ4n) is 3.01. The molecule has 2 atom stereocenters. The summed E-state index contributed by atoms with van der Waals surface area (Å²) in [7, 11) is 1.45. The van der Waals surface area contributed by atoms with E-state index in [1.807, 2.05) is 48.7 Å². The number of nitrogens with two attached hydrogens (primary N) is 1. The number of hydrogen-bond acceptors (Lipinski definition) is 3. The minimum Gasteiger partial charge on any atom is -0.368 e. The fourth-order valence-corrected chi connectivity index (χ4v) is 3.01. The van der Waals surface area contributed by atoms with Crippen LogP contribution < -0.4 is 11.1 Å². The highest BCUT2D eigenvalue weighted by Crippen LogP contribution is 2.20. The molecule has 2 amide bonds. The first-order chi connectivity index (χ1) is 12.6. The molecule has 0 radical (unpaired) electrons. The van der Waals surface area contributed by atoms with Crippen molar-refractivity contribution in [1.29, 1.82) is 0 Å². The van der Waals surface area contributed by atoms with Crippen LogP contribution in [0.5, 0.6) is 0 Å². The highest BCUT2D eigenvalue weighted by atomic mass is 16.5. The van der Waals surface area contributed by atoms with E-state index >= 15 is 0 Å². The second-order valence-corrected chi connectivity index (χ2v) is 6.05. The quantitative estimate of drug-likeness (QED) is 0.608. The van der Waals surface area contributed by atoms with E-state index in [0.29, 0.717) is 12.0 Å². The van der Waals surface area contributed by atoms with Crippen LogP contribution in [-0.2, 0) is 20.7 Å². The monoisotopic (exact) mass is 351 g/mol. The maximum atomic E-state index is 12.6. The number of hydrogen-bond donors (Lipinski definition) is 3. The van der Waals surface area contributed by atoms with Crippen molar-refractivity contribution in [3.8, 4) is 0 Å². The van der Waals surface area contributed by atoms with Gasteiger partial charge in [-0.3, -0.25) is 9.59 Å². The normalized spacial score (nSPS) is 13.3. The summed E-state index contributed by atoms with van der Waals surface area (Å²) in [5.74, 6) is -0.992. The van der Waals surface area contributed by atoms with Crippen molar-refractivity contribution in [1.82, 2.24) is 10.3 Å². The number of carbonyl (C=O) groups excluding carboxylic acids is 2. The Hall–Kier alpha value is -3.12. The van der Waals surface area contributed by atoms with Crippen molar-refractivity contribution in [2.45, 2.75) is 18.6 Å². The second kappa shape index (κ2) is 7.84. The van der Waals surface area contributed by atoms with Crippen molar-refractivity contribution < 1.29 is 14.3 Å². The molecule has 6 nitrogen and oxygen atoms in total. The summed E-state index contributed by atoms with van der Waals surface area (Å²) in [6, 6.07) is 16.0. The number of aromatic amines is 1. The zero-order valence-corrected chi connectivity index (χ0v) is 14.4. The molecule has 6 heteroatoms. The largest absolute Gasteiger partial charge is 0.368 e. The number of rotatable bonds is 7. The standard InChI is InChI=1S/C20H21N3O3/c1-26-18(13-7-3-2-4-8-13)20(25)23-17(19(21)24)11-14-12-22-16-10-6-5-9-15(14)16/h2-10,12,17-18,22H,11H2,1H3,(H2,21,24)(H,23,25)/t17-,18+/m1/s1. The second-order valence-electron chi connectivity index (χ2n) is 6.05. The third kappa shape index (κ3) is 3.75. The fraction of sp³-hybridized carbons (Fsp3) is 0.200. The predicted molar refractivity (Wildman–Crippen MR) is 99.3 cm³/mol. The van der Waals surface area contributed by atoms with Crippen LogP contribution in [0, 0.1) is 0 Å². The molecule has 3 aromatic rings. The molecular weight excluding hydrogens is 330 g/mol. The van der Waals surface area contributed by atoms with Crippen molar-refractivity contribution in [2.24, 2.45) is 5.73 Å². The van der Waals surface area contributed by atoms with Crippen molar-refractivity contribution >= 4 is 22.7 Å². The molecule has 3 rings (SSSR count). The lowest BCUT2D eigenvalue weighted by molar-refractivity contribution is -0.134. The first-order valence-electron chi connectivity index (χ1n) is 8.32. The summed E-state index contributed by atoms with van der Waals surface area (Å²) >= 11 is 0. The van der Waals surface area contributed by atoms with E-state index in [1.165, 1.54) is 7.11 Å². The van der Waals surface area contributed by atoms with Gasteiger partial charge in [-0.2, -0.15) is 0 Å². The minimum atomic E-state index is -0.830. The first-order valence-corrected chi connectivity index (χ1v) is 8.32. The summed E-state index contributed by atoms with van der Waals surface area (Å²) in [4.78, 5) is 27.7. The maximum Gasteiger partial charge on any atom is 0.254 e. The number of para-hydroxylation sites is 1. The van der Waals surface area contributed by atoms with E-state index in [4.69, 9.17) is 10.5 Å². The lowest BCUT2D eigenvalue weighted by Gasteiger charge is -2.20. The first kappa shape index (κ1) is 17.7. The molecule has 0 aliphatic heterocycles. The summed E-state index contributed by atoms with van der Waals surface area (Å²) < 4.78 is 5.31. The van der Waals surface area contributed by atoms with Gasteiger partial charge in [0.25, 0.3) is 5.91 Å². The number of primary amides is 1. The number of methoxy groups -OCH3 is 1. The van der Waals surface area contributed by atoms with Crippen LogP contribution >= 0.6 is 0 Å². The smallest absolute Gasteiger partial charge is 0.254 e. The molecule has 1 heterocycles. The summed E-state index contributed by atoms with van der Waals surface area (Å²) in [5.41, 5.74) is 8.12. The SMILES string of the molecule is CO[C@H](C(=O)N[C@H](Cc1c[nH]c2ccccc12)C(N)=O)c1ccccc1. The Labute approximate surface area is 151 Å². The lowest BCUT2D eigenvalue weighted by Crippen LogP contribution is -2.47. The Morgan fingerprint density at radius 3 is 2.50 bits per heavy atom. The van der Waals surface area contributed by atoms with Gasteiger partial charge in [-0.15, -0.1) is 0 Å². The summed E-state index contributed by atoms with van der Waals surface area (Å²) in [5, 5.41) is 3.72. The van der Waals surface area contributed by atoms with Gasteiger partial charge in [-0.25, -0.2) is 0 Å². The van der Waals surface area contributed by atoms with E-state index in [0.717, 1.165) is 16.5 Å². The highest BCUT2D eigenvalue weighted by molar-refractivity contribution is 5.90. The predicted octanol–water partition coefficient (Wildman–Crippen LogP) is 2.07. The van der Waals surface area contributed by atoms with E-state index in [2.05, 4.69) is 10.3 Å². The molecular formula is C20H21N3O3. The van der Waals surface area contributed by atoms with Crippen molar-refractivity contribution in [2.75, 3.05) is 7.11 Å². The van der Waals surface area contributed by atoms with Gasteiger partial charge < -0.3 is 20.8 Å². The third-order valence-electron chi connectivity index (χ3n) is 4.34. The van der Waals surface area contributed by atoms with Crippen LogP contribution in [0.3, 0.4) is 0 Å². The molecule has 0 bridgehead atoms. The number of carbonyl (C=O) groups is 2. The van der Waals surface area contributed by atoms with Gasteiger partial charge in [-0.05, 0) is 17.2 Å². The van der Waals surface area contributed by atoms with Crippen LogP contribution in [-0.4, -0.2) is 29.9 Å². The molecule has 134 valence electrons. The van der Waals surface area contributed by atoms with Gasteiger partial charge in [0.1, 0.15) is 6.04 Å². The number of amides is 2. The molecule has 0 fully saturated rings. The van der Waals surface area contributed by atoms with E-state index in [9.17, 15) is 9.59 Å². The molecule has 0 aliphatic carbocycles. The number of benzene rings is 2. The molecule has 0 saturated carbocycles. The number of ether oxygens (including phenoxy) is 1. The average molecular weight is 351 g/mol. The summed E-state index contributed by atoms with van der Waals surface area (Å²) in [6.45, 7) is 0. The van der Waals surface area contributed by atoms with Gasteiger partial charge in [0, 0.05) is 30.6 Å². The van der Waals surface area contributed by atoms with Gasteiger partial charge in [0.2, 0.25) is 5.91 Å². The topological polar surface area (TPSA) is 97.2 Å². The molecule has 4 N–H and O–H groups in total. The molecule has 2 aromatic carbocycles. The Morgan fingerprint density at radius 2 is 1.81 bits per heavy atom. The van der Waals surface area contributed by atoms with Crippen LogP contribution in [0.15, 0.2) is 60.8 Å². The van der Waals surface area contributed by atoms with Crippen LogP contribution in [0.1, 0.15) is 17.2 Å². The number of nitrogens with one attached hydrogen (secondary N) is 2. The van der Waals surface area contributed by atoms with Gasteiger partial charge in [0.05, 0.1) is 0 Å². The molecule has 26 heavy (non-hydrogen) atoms. The minimum absolute atomic E-state index is 0.302. The number of fused-ring (bicyclic) bond motifs is 1. The Morgan fingerprint density at radius 1 is 1.12 bits per heavy atom. The van der Waals surface area contributed by atoms with E-state index in [1.54, 1.807) is 12.1 Å². The maximum absolute atomic E-state index is 12.6. The molecule has 0 spiro atoms. The van der Waals surface area contributed by atoms with Gasteiger partial charge in [0.15, 0.2) is 6.10 Å². The van der Waals surface area contributed by atoms with Crippen molar-refractivity contribution in [3.63, 3.8) is 0 Å². The average Bonchev–Trinajstić information content (AvgIpc) is 3.06. The van der Waals surface area contributed by atoms with Crippen LogP contribution in [0.4, 0.5) is 0 Å².